The molecular formula is C12H16ClN3O3. The van der Waals surface area contributed by atoms with Gasteiger partial charge in [-0.05, 0) is 6.92 Å². The first-order chi connectivity index (χ1) is 9.04. The molecule has 0 aromatic carbocycles. The lowest BCUT2D eigenvalue weighted by Crippen LogP contribution is -2.14. The fourth-order valence-corrected chi connectivity index (χ4v) is 1.76. The Bertz CT molecular complexity index is 583. The maximum atomic E-state index is 11.1. The van der Waals surface area contributed by atoms with Gasteiger partial charge in [0.1, 0.15) is 5.56 Å². The molecule has 0 saturated heterocycles. The van der Waals surface area contributed by atoms with Crippen molar-refractivity contribution in [3.63, 3.8) is 0 Å². The molecule has 2 aromatic rings. The molecule has 1 unspecified atom stereocenters. The molecule has 0 fully saturated rings. The van der Waals surface area contributed by atoms with E-state index in [0.29, 0.717) is 11.3 Å². The van der Waals surface area contributed by atoms with Gasteiger partial charge in [-0.15, -0.1) is 0 Å². The predicted octanol–water partition coefficient (Wildman–Crippen LogP) is 2.81. The van der Waals surface area contributed by atoms with Gasteiger partial charge in [-0.1, -0.05) is 25.4 Å². The van der Waals surface area contributed by atoms with E-state index >= 15 is 0 Å². The van der Waals surface area contributed by atoms with Crippen molar-refractivity contribution >= 4 is 23.2 Å². The van der Waals surface area contributed by atoms with Crippen LogP contribution in [0.3, 0.4) is 0 Å². The van der Waals surface area contributed by atoms with E-state index in [0.717, 1.165) is 0 Å². The third kappa shape index (κ3) is 3.02. The van der Waals surface area contributed by atoms with Crippen molar-refractivity contribution in [1.29, 1.82) is 0 Å². The van der Waals surface area contributed by atoms with Gasteiger partial charge in [-0.2, -0.15) is 5.10 Å². The van der Waals surface area contributed by atoms with Crippen LogP contribution in [0.25, 0.3) is 5.65 Å². The smallest absolute Gasteiger partial charge is 0.339 e. The summed E-state index contributed by atoms with van der Waals surface area (Å²) >= 11 is 5.77. The van der Waals surface area contributed by atoms with Gasteiger partial charge < -0.3 is 9.84 Å². The first-order valence-electron chi connectivity index (χ1n) is 5.85. The largest absolute Gasteiger partial charge is 0.478 e. The highest BCUT2D eigenvalue weighted by molar-refractivity contribution is 6.29. The molecule has 2 aromatic heterocycles. The van der Waals surface area contributed by atoms with E-state index in [4.69, 9.17) is 21.4 Å². The number of carboxylic acids is 1. The molecule has 7 heteroatoms. The van der Waals surface area contributed by atoms with E-state index in [9.17, 15) is 4.79 Å². The van der Waals surface area contributed by atoms with Crippen LogP contribution in [-0.2, 0) is 4.74 Å². The average molecular weight is 286 g/mol. The lowest BCUT2D eigenvalue weighted by atomic mass is 10.1. The minimum atomic E-state index is -1.08. The molecule has 0 aliphatic carbocycles. The summed E-state index contributed by atoms with van der Waals surface area (Å²) in [6.45, 7) is 5.73. The Kier molecular flexibility index (Phi) is 5.26. The van der Waals surface area contributed by atoms with Gasteiger partial charge in [0.25, 0.3) is 0 Å². The van der Waals surface area contributed by atoms with Crippen molar-refractivity contribution in [2.24, 2.45) is 0 Å². The zero-order valence-electron chi connectivity index (χ0n) is 11.2. The number of aromatic carboxylic acids is 1. The summed E-state index contributed by atoms with van der Waals surface area (Å²) in [6.07, 6.45) is 0.850. The molecule has 0 radical (unpaired) electrons. The summed E-state index contributed by atoms with van der Waals surface area (Å²) in [4.78, 5) is 15.1. The third-order valence-corrected chi connectivity index (χ3v) is 2.64. The summed E-state index contributed by atoms with van der Waals surface area (Å²) in [7, 11) is 1.49. The van der Waals surface area contributed by atoms with Gasteiger partial charge in [0.15, 0.2) is 10.8 Å². The number of halogens is 1. The van der Waals surface area contributed by atoms with Crippen LogP contribution in [0.2, 0.25) is 5.15 Å². The topological polar surface area (TPSA) is 76.7 Å². The zero-order chi connectivity index (χ0) is 14.6. The van der Waals surface area contributed by atoms with Crippen LogP contribution < -0.4 is 0 Å². The Morgan fingerprint density at radius 3 is 2.68 bits per heavy atom. The normalized spacial score (nSPS) is 11.8. The van der Waals surface area contributed by atoms with Crippen molar-refractivity contribution < 1.29 is 14.6 Å². The molecule has 0 spiro atoms. The molecule has 104 valence electrons. The Balaban J connectivity index is 0.000000861. The van der Waals surface area contributed by atoms with E-state index in [1.165, 1.54) is 17.8 Å². The number of methoxy groups -OCH3 is 1. The quantitative estimate of drug-likeness (QED) is 0.938. The molecule has 1 atom stereocenters. The molecule has 0 aliphatic heterocycles. The average Bonchev–Trinajstić information content (AvgIpc) is 2.78. The first kappa shape index (κ1) is 15.4. The molecule has 0 amide bonds. The highest BCUT2D eigenvalue weighted by atomic mass is 35.5. The molecule has 0 aliphatic rings. The summed E-state index contributed by atoms with van der Waals surface area (Å²) in [5.74, 6) is -1.08. The van der Waals surface area contributed by atoms with Crippen molar-refractivity contribution in [2.45, 2.75) is 26.9 Å². The van der Waals surface area contributed by atoms with E-state index in [-0.39, 0.29) is 10.7 Å². The monoisotopic (exact) mass is 285 g/mol. The fraction of sp³-hybridized carbons (Fsp3) is 0.417. The van der Waals surface area contributed by atoms with Gasteiger partial charge in [-0.25, -0.2) is 14.3 Å². The standard InChI is InChI=1S/C10H10ClN3O3.C2H6/c1-5(17-2)9-6(10(15)16)4-12-8-3-7(11)13-14(8)9;1-2/h3-5H,1-2H3,(H,15,16);1-2H3. The van der Waals surface area contributed by atoms with Crippen molar-refractivity contribution in [2.75, 3.05) is 7.11 Å². The second kappa shape index (κ2) is 6.49. The number of carboxylic acid groups (broad SMARTS) is 1. The minimum Gasteiger partial charge on any atom is -0.478 e. The molecule has 2 rings (SSSR count). The van der Waals surface area contributed by atoms with E-state index in [2.05, 4.69) is 10.1 Å². The van der Waals surface area contributed by atoms with Crippen LogP contribution in [0.5, 0.6) is 0 Å². The molecule has 1 N–H and O–H groups in total. The number of nitrogens with zero attached hydrogens (tertiary/aromatic N) is 3. The summed E-state index contributed by atoms with van der Waals surface area (Å²) in [5, 5.41) is 13.4. The second-order valence-electron chi connectivity index (χ2n) is 3.48. The number of aromatic nitrogens is 3. The van der Waals surface area contributed by atoms with Gasteiger partial charge in [0.05, 0.1) is 11.8 Å². The molecule has 0 bridgehead atoms. The van der Waals surface area contributed by atoms with Crippen molar-refractivity contribution in [3.8, 4) is 0 Å². The van der Waals surface area contributed by atoms with Crippen LogP contribution in [-0.4, -0.2) is 32.8 Å². The van der Waals surface area contributed by atoms with Crippen LogP contribution in [0.15, 0.2) is 12.3 Å². The number of carbonyl (C=O) groups is 1. The summed E-state index contributed by atoms with van der Waals surface area (Å²) in [6, 6.07) is 1.55. The Morgan fingerprint density at radius 2 is 2.16 bits per heavy atom. The maximum absolute atomic E-state index is 11.1. The first-order valence-corrected chi connectivity index (χ1v) is 6.22. The van der Waals surface area contributed by atoms with E-state index < -0.39 is 12.1 Å². The predicted molar refractivity (Wildman–Crippen MR) is 71.7 cm³/mol. The van der Waals surface area contributed by atoms with Gasteiger partial charge in [0.2, 0.25) is 0 Å². The number of hydrogen-bond acceptors (Lipinski definition) is 4. The number of ether oxygens (including phenoxy) is 1. The van der Waals surface area contributed by atoms with E-state index in [1.807, 2.05) is 13.8 Å². The highest BCUT2D eigenvalue weighted by Crippen LogP contribution is 2.22. The zero-order valence-corrected chi connectivity index (χ0v) is 12.0. The highest BCUT2D eigenvalue weighted by Gasteiger charge is 2.21. The Morgan fingerprint density at radius 1 is 1.53 bits per heavy atom. The molecule has 0 saturated carbocycles. The molecule has 2 heterocycles. The van der Waals surface area contributed by atoms with E-state index in [1.54, 1.807) is 13.0 Å². The lowest BCUT2D eigenvalue weighted by Gasteiger charge is -2.13. The van der Waals surface area contributed by atoms with Crippen molar-refractivity contribution in [3.05, 3.63) is 28.7 Å². The SMILES string of the molecule is CC.COC(C)c1c(C(=O)O)cnc2cc(Cl)nn12. The van der Waals surface area contributed by atoms with Crippen LogP contribution in [0, 0.1) is 0 Å². The number of hydrogen-bond donors (Lipinski definition) is 1. The number of rotatable bonds is 3. The van der Waals surface area contributed by atoms with Crippen LogP contribution >= 0.6 is 11.6 Å². The van der Waals surface area contributed by atoms with Gasteiger partial charge in [-0.3, -0.25) is 0 Å². The van der Waals surface area contributed by atoms with Crippen molar-refractivity contribution in [1.82, 2.24) is 14.6 Å². The van der Waals surface area contributed by atoms with Gasteiger partial charge in [0, 0.05) is 19.4 Å². The van der Waals surface area contributed by atoms with Crippen LogP contribution in [0.1, 0.15) is 42.9 Å². The maximum Gasteiger partial charge on any atom is 0.339 e. The lowest BCUT2D eigenvalue weighted by molar-refractivity contribution is 0.0678. The number of fused-ring (bicyclic) bond motifs is 1. The molecular weight excluding hydrogens is 270 g/mol. The fourth-order valence-electron chi connectivity index (χ4n) is 1.59. The Labute approximate surface area is 116 Å². The van der Waals surface area contributed by atoms with Crippen LogP contribution in [0.4, 0.5) is 0 Å². The van der Waals surface area contributed by atoms with Gasteiger partial charge >= 0.3 is 5.97 Å². The minimum absolute atomic E-state index is 0.0478. The summed E-state index contributed by atoms with van der Waals surface area (Å²) in [5.41, 5.74) is 0.947. The Hall–Kier alpha value is -1.66. The second-order valence-corrected chi connectivity index (χ2v) is 3.86. The molecule has 19 heavy (non-hydrogen) atoms. The molecule has 6 nitrogen and oxygen atoms in total. The third-order valence-electron chi connectivity index (χ3n) is 2.46. The summed E-state index contributed by atoms with van der Waals surface area (Å²) < 4.78 is 6.54.